The van der Waals surface area contributed by atoms with E-state index in [2.05, 4.69) is 6.07 Å². The van der Waals surface area contributed by atoms with Crippen molar-refractivity contribution in [2.45, 2.75) is 32.4 Å². The topological polar surface area (TPSA) is 76.1 Å². The van der Waals surface area contributed by atoms with Crippen LogP contribution in [0.1, 0.15) is 24.5 Å². The lowest BCUT2D eigenvalue weighted by Gasteiger charge is -2.31. The molecular formula is C23H24N2O5. The van der Waals surface area contributed by atoms with E-state index in [-0.39, 0.29) is 31.4 Å². The van der Waals surface area contributed by atoms with Crippen molar-refractivity contribution in [2.24, 2.45) is 0 Å². The molecule has 0 unspecified atom stereocenters. The first-order chi connectivity index (χ1) is 14.5. The van der Waals surface area contributed by atoms with Crippen LogP contribution < -0.4 is 9.64 Å². The molecule has 1 atom stereocenters. The van der Waals surface area contributed by atoms with E-state index < -0.39 is 12.1 Å². The third-order valence-electron chi connectivity index (χ3n) is 5.45. The quantitative estimate of drug-likeness (QED) is 0.710. The van der Waals surface area contributed by atoms with Crippen LogP contribution in [0.2, 0.25) is 0 Å². The maximum Gasteiger partial charge on any atom is 0.308 e. The van der Waals surface area contributed by atoms with Crippen LogP contribution >= 0.6 is 0 Å². The van der Waals surface area contributed by atoms with Crippen molar-refractivity contribution in [1.82, 2.24) is 4.90 Å². The van der Waals surface area contributed by atoms with Crippen LogP contribution in [0.25, 0.3) is 0 Å². The van der Waals surface area contributed by atoms with Crippen LogP contribution in [0.4, 0.5) is 5.69 Å². The van der Waals surface area contributed by atoms with Crippen molar-refractivity contribution in [3.05, 3.63) is 59.7 Å². The molecule has 2 amide bonds. The van der Waals surface area contributed by atoms with E-state index in [1.807, 2.05) is 30.3 Å². The van der Waals surface area contributed by atoms with E-state index >= 15 is 0 Å². The monoisotopic (exact) mass is 408 g/mol. The molecule has 7 heteroatoms. The van der Waals surface area contributed by atoms with Gasteiger partial charge >= 0.3 is 5.97 Å². The third-order valence-corrected chi connectivity index (χ3v) is 5.45. The highest BCUT2D eigenvalue weighted by atomic mass is 16.5. The average Bonchev–Trinajstić information content (AvgIpc) is 2.77. The van der Waals surface area contributed by atoms with Crippen molar-refractivity contribution in [1.29, 1.82) is 0 Å². The normalized spacial score (nSPS) is 16.2. The Morgan fingerprint density at radius 2 is 1.83 bits per heavy atom. The Hall–Kier alpha value is -3.35. The standard InChI is InChI=1S/C23H24N2O5/c1-16(23(28)24-12-10-17-6-2-3-7-18(17)14-24)30-22(27)11-13-25-19-8-4-5-9-20(19)29-15-21(25)26/h2-9,16H,10-15H2,1H3/t16-/m1/s1. The highest BCUT2D eigenvalue weighted by Gasteiger charge is 2.29. The number of benzene rings is 2. The molecule has 0 saturated heterocycles. The molecule has 2 aromatic rings. The number of rotatable bonds is 5. The SMILES string of the molecule is C[C@@H](OC(=O)CCN1C(=O)COc2ccccc21)C(=O)N1CCc2ccccc2C1. The van der Waals surface area contributed by atoms with Crippen molar-refractivity contribution < 1.29 is 23.9 Å². The minimum atomic E-state index is -0.865. The maximum atomic E-state index is 12.7. The smallest absolute Gasteiger partial charge is 0.308 e. The minimum Gasteiger partial charge on any atom is -0.482 e. The summed E-state index contributed by atoms with van der Waals surface area (Å²) in [5.74, 6) is -0.312. The molecule has 0 radical (unpaired) electrons. The highest BCUT2D eigenvalue weighted by molar-refractivity contribution is 5.98. The fourth-order valence-corrected chi connectivity index (χ4v) is 3.85. The van der Waals surface area contributed by atoms with Crippen LogP contribution in [0.3, 0.4) is 0 Å². The Balaban J connectivity index is 1.31. The van der Waals surface area contributed by atoms with Crippen LogP contribution in [0.5, 0.6) is 5.75 Å². The lowest BCUT2D eigenvalue weighted by atomic mass is 9.99. The van der Waals surface area contributed by atoms with Gasteiger partial charge in [0.15, 0.2) is 12.7 Å². The number of para-hydroxylation sites is 2. The number of carbonyl (C=O) groups excluding carboxylic acids is 3. The Bertz CT molecular complexity index is 974. The number of anilines is 1. The van der Waals surface area contributed by atoms with Gasteiger partial charge in [-0.3, -0.25) is 14.4 Å². The molecule has 156 valence electrons. The third kappa shape index (κ3) is 4.15. The van der Waals surface area contributed by atoms with E-state index in [1.54, 1.807) is 24.0 Å². The fraction of sp³-hybridized carbons (Fsp3) is 0.348. The summed E-state index contributed by atoms with van der Waals surface area (Å²) in [6.45, 7) is 2.84. The summed E-state index contributed by atoms with van der Waals surface area (Å²) in [7, 11) is 0. The van der Waals surface area contributed by atoms with E-state index in [4.69, 9.17) is 9.47 Å². The van der Waals surface area contributed by atoms with Gasteiger partial charge in [-0.15, -0.1) is 0 Å². The lowest BCUT2D eigenvalue weighted by molar-refractivity contribution is -0.159. The molecule has 0 N–H and O–H groups in total. The van der Waals surface area contributed by atoms with Gasteiger partial charge in [-0.05, 0) is 36.6 Å². The Kier molecular flexibility index (Phi) is 5.70. The summed E-state index contributed by atoms with van der Waals surface area (Å²) < 4.78 is 10.8. The zero-order valence-corrected chi connectivity index (χ0v) is 16.9. The molecule has 2 aromatic carbocycles. The molecule has 0 aliphatic carbocycles. The Morgan fingerprint density at radius 3 is 2.67 bits per heavy atom. The molecule has 4 rings (SSSR count). The molecule has 0 spiro atoms. The summed E-state index contributed by atoms with van der Waals surface area (Å²) in [5, 5.41) is 0. The second-order valence-corrected chi connectivity index (χ2v) is 7.46. The number of hydrogen-bond acceptors (Lipinski definition) is 5. The van der Waals surface area contributed by atoms with Gasteiger partial charge in [0.1, 0.15) is 5.75 Å². The Morgan fingerprint density at radius 1 is 1.10 bits per heavy atom. The number of amides is 2. The van der Waals surface area contributed by atoms with E-state index in [9.17, 15) is 14.4 Å². The molecule has 2 heterocycles. The molecule has 0 fully saturated rings. The second-order valence-electron chi connectivity index (χ2n) is 7.46. The predicted octanol–water partition coefficient (Wildman–Crippen LogP) is 2.32. The average molecular weight is 408 g/mol. The molecule has 2 aliphatic heterocycles. The number of carbonyl (C=O) groups is 3. The highest BCUT2D eigenvalue weighted by Crippen LogP contribution is 2.31. The van der Waals surface area contributed by atoms with Gasteiger partial charge in [-0.2, -0.15) is 0 Å². The van der Waals surface area contributed by atoms with Gasteiger partial charge in [0.25, 0.3) is 11.8 Å². The van der Waals surface area contributed by atoms with Crippen LogP contribution in [-0.2, 0) is 32.1 Å². The van der Waals surface area contributed by atoms with Gasteiger partial charge in [0.05, 0.1) is 12.1 Å². The number of hydrogen-bond donors (Lipinski definition) is 0. The molecule has 0 bridgehead atoms. The molecule has 0 aromatic heterocycles. The van der Waals surface area contributed by atoms with Crippen molar-refractivity contribution in [2.75, 3.05) is 24.6 Å². The predicted molar refractivity (Wildman–Crippen MR) is 110 cm³/mol. The zero-order valence-electron chi connectivity index (χ0n) is 16.9. The van der Waals surface area contributed by atoms with Gasteiger partial charge in [-0.1, -0.05) is 36.4 Å². The maximum absolute atomic E-state index is 12.7. The molecular weight excluding hydrogens is 384 g/mol. The second kappa shape index (κ2) is 8.57. The first kappa shape index (κ1) is 19.9. The summed E-state index contributed by atoms with van der Waals surface area (Å²) in [6, 6.07) is 15.2. The van der Waals surface area contributed by atoms with Crippen molar-refractivity contribution in [3.63, 3.8) is 0 Å². The summed E-state index contributed by atoms with van der Waals surface area (Å²) >= 11 is 0. The van der Waals surface area contributed by atoms with Crippen LogP contribution in [0, 0.1) is 0 Å². The first-order valence-electron chi connectivity index (χ1n) is 10.1. The number of esters is 1. The van der Waals surface area contributed by atoms with Crippen LogP contribution in [-0.4, -0.2) is 48.5 Å². The van der Waals surface area contributed by atoms with Crippen LogP contribution in [0.15, 0.2) is 48.5 Å². The molecule has 30 heavy (non-hydrogen) atoms. The van der Waals surface area contributed by atoms with Gasteiger partial charge < -0.3 is 19.3 Å². The van der Waals surface area contributed by atoms with Crippen molar-refractivity contribution in [3.8, 4) is 5.75 Å². The van der Waals surface area contributed by atoms with E-state index in [1.165, 1.54) is 10.5 Å². The minimum absolute atomic E-state index is 0.000524. The number of ether oxygens (including phenoxy) is 2. The first-order valence-corrected chi connectivity index (χ1v) is 10.1. The number of fused-ring (bicyclic) bond motifs is 2. The van der Waals surface area contributed by atoms with E-state index in [0.29, 0.717) is 24.5 Å². The van der Waals surface area contributed by atoms with Gasteiger partial charge in [0.2, 0.25) is 0 Å². The molecule has 7 nitrogen and oxygen atoms in total. The Labute approximate surface area is 175 Å². The summed E-state index contributed by atoms with van der Waals surface area (Å²) in [5.41, 5.74) is 3.01. The fourth-order valence-electron chi connectivity index (χ4n) is 3.85. The van der Waals surface area contributed by atoms with E-state index in [0.717, 1.165) is 12.0 Å². The zero-order chi connectivity index (χ0) is 21.1. The summed E-state index contributed by atoms with van der Waals surface area (Å²) in [6.07, 6.45) is -0.0720. The molecule has 2 aliphatic rings. The summed E-state index contributed by atoms with van der Waals surface area (Å²) in [4.78, 5) is 40.5. The lowest BCUT2D eigenvalue weighted by Crippen LogP contribution is -2.43. The van der Waals surface area contributed by atoms with Crippen molar-refractivity contribution >= 4 is 23.5 Å². The van der Waals surface area contributed by atoms with Gasteiger partial charge in [-0.25, -0.2) is 0 Å². The largest absolute Gasteiger partial charge is 0.482 e. The molecule has 0 saturated carbocycles. The number of nitrogens with zero attached hydrogens (tertiary/aromatic N) is 2. The van der Waals surface area contributed by atoms with Gasteiger partial charge in [0, 0.05) is 19.6 Å².